The van der Waals surface area contributed by atoms with Crippen LogP contribution in [0.5, 0.6) is 0 Å². The SMILES string of the molecule is COC(=O)c1c(C)[nH]c(-c2nc(-c3ccsc3)sc2C)c1C. The number of thiazole rings is 1. The number of aryl methyl sites for hydroxylation is 2. The van der Waals surface area contributed by atoms with Gasteiger partial charge in [0.2, 0.25) is 0 Å². The quantitative estimate of drug-likeness (QED) is 0.714. The molecule has 0 fully saturated rings. The molecular weight excluding hydrogens is 316 g/mol. The third-order valence-electron chi connectivity index (χ3n) is 3.63. The van der Waals surface area contributed by atoms with Crippen LogP contribution in [0.4, 0.5) is 0 Å². The highest BCUT2D eigenvalue weighted by Crippen LogP contribution is 2.36. The molecule has 4 nitrogen and oxygen atoms in total. The first-order valence-corrected chi connectivity index (χ1v) is 8.56. The average molecular weight is 332 g/mol. The molecule has 3 rings (SSSR count). The van der Waals surface area contributed by atoms with Gasteiger partial charge in [0.25, 0.3) is 0 Å². The van der Waals surface area contributed by atoms with Gasteiger partial charge in [-0.3, -0.25) is 0 Å². The van der Waals surface area contributed by atoms with Gasteiger partial charge in [-0.25, -0.2) is 9.78 Å². The smallest absolute Gasteiger partial charge is 0.339 e. The predicted octanol–water partition coefficient (Wildman–Crippen LogP) is 4.58. The van der Waals surface area contributed by atoms with E-state index in [1.165, 1.54) is 7.11 Å². The van der Waals surface area contributed by atoms with Crippen molar-refractivity contribution < 1.29 is 9.53 Å². The Morgan fingerprint density at radius 3 is 2.73 bits per heavy atom. The first-order chi connectivity index (χ1) is 10.5. The summed E-state index contributed by atoms with van der Waals surface area (Å²) in [5, 5.41) is 5.14. The number of methoxy groups -OCH3 is 1. The molecule has 0 unspecified atom stereocenters. The van der Waals surface area contributed by atoms with E-state index < -0.39 is 0 Å². The third kappa shape index (κ3) is 2.38. The molecule has 3 heterocycles. The number of thiophene rings is 1. The number of aromatic nitrogens is 2. The number of carbonyl (C=O) groups is 1. The van der Waals surface area contributed by atoms with Crippen molar-refractivity contribution in [3.05, 3.63) is 38.5 Å². The van der Waals surface area contributed by atoms with Crippen molar-refractivity contribution in [2.24, 2.45) is 0 Å². The molecule has 114 valence electrons. The third-order valence-corrected chi connectivity index (χ3v) is 5.33. The first-order valence-electron chi connectivity index (χ1n) is 6.80. The van der Waals surface area contributed by atoms with Crippen LogP contribution < -0.4 is 0 Å². The average Bonchev–Trinajstić information content (AvgIpc) is 3.18. The number of esters is 1. The lowest BCUT2D eigenvalue weighted by Crippen LogP contribution is -2.03. The van der Waals surface area contributed by atoms with Crippen LogP contribution in [0.3, 0.4) is 0 Å². The molecule has 0 atom stereocenters. The Morgan fingerprint density at radius 1 is 1.32 bits per heavy atom. The minimum Gasteiger partial charge on any atom is -0.465 e. The van der Waals surface area contributed by atoms with Gasteiger partial charge in [-0.15, -0.1) is 11.3 Å². The van der Waals surface area contributed by atoms with Crippen LogP contribution in [0.1, 0.15) is 26.5 Å². The Balaban J connectivity index is 2.11. The number of hydrogen-bond acceptors (Lipinski definition) is 5. The van der Waals surface area contributed by atoms with E-state index in [-0.39, 0.29) is 5.97 Å². The Kier molecular flexibility index (Phi) is 3.88. The van der Waals surface area contributed by atoms with E-state index in [0.717, 1.165) is 38.1 Å². The van der Waals surface area contributed by atoms with Crippen LogP contribution in [-0.2, 0) is 4.74 Å². The minimum absolute atomic E-state index is 0.316. The number of aromatic amines is 1. The molecule has 6 heteroatoms. The molecule has 0 radical (unpaired) electrons. The summed E-state index contributed by atoms with van der Waals surface area (Å²) >= 11 is 3.32. The van der Waals surface area contributed by atoms with Gasteiger partial charge in [-0.05, 0) is 37.8 Å². The molecule has 3 aromatic rings. The van der Waals surface area contributed by atoms with E-state index in [1.807, 2.05) is 19.2 Å². The lowest BCUT2D eigenvalue weighted by molar-refractivity contribution is 0.0599. The molecule has 0 saturated carbocycles. The summed E-state index contributed by atoms with van der Waals surface area (Å²) in [6.45, 7) is 5.86. The van der Waals surface area contributed by atoms with E-state index in [4.69, 9.17) is 9.72 Å². The molecule has 0 amide bonds. The van der Waals surface area contributed by atoms with Crippen LogP contribution in [0.2, 0.25) is 0 Å². The fraction of sp³-hybridized carbons (Fsp3) is 0.250. The first kappa shape index (κ1) is 15.0. The van der Waals surface area contributed by atoms with Gasteiger partial charge >= 0.3 is 5.97 Å². The Bertz CT molecular complexity index is 829. The lowest BCUT2D eigenvalue weighted by Gasteiger charge is -2.00. The Hall–Kier alpha value is -1.92. The number of rotatable bonds is 3. The number of nitrogens with zero attached hydrogens (tertiary/aromatic N) is 1. The largest absolute Gasteiger partial charge is 0.465 e. The van der Waals surface area contributed by atoms with Crippen molar-refractivity contribution in [2.45, 2.75) is 20.8 Å². The standard InChI is InChI=1S/C16H16N2O2S2/c1-8-12(16(19)20-4)9(2)17-13(8)14-10(3)22-15(18-14)11-5-6-21-7-11/h5-7,17H,1-4H3. The van der Waals surface area contributed by atoms with Gasteiger partial charge in [0.15, 0.2) is 0 Å². The van der Waals surface area contributed by atoms with Crippen LogP contribution in [-0.4, -0.2) is 23.0 Å². The molecule has 0 spiro atoms. The van der Waals surface area contributed by atoms with Crippen molar-refractivity contribution in [1.82, 2.24) is 9.97 Å². The summed E-state index contributed by atoms with van der Waals surface area (Å²) in [6.07, 6.45) is 0. The molecule has 0 bridgehead atoms. The second kappa shape index (κ2) is 5.70. The Morgan fingerprint density at radius 2 is 2.09 bits per heavy atom. The summed E-state index contributed by atoms with van der Waals surface area (Å²) in [5.74, 6) is -0.316. The highest BCUT2D eigenvalue weighted by atomic mass is 32.1. The number of nitrogens with one attached hydrogen (secondary N) is 1. The zero-order chi connectivity index (χ0) is 15.9. The van der Waals surface area contributed by atoms with Crippen LogP contribution in [0.25, 0.3) is 22.0 Å². The van der Waals surface area contributed by atoms with E-state index in [1.54, 1.807) is 22.7 Å². The van der Waals surface area contributed by atoms with Gasteiger partial charge in [0.1, 0.15) is 10.7 Å². The molecule has 0 aliphatic heterocycles. The zero-order valence-corrected chi connectivity index (χ0v) is 14.4. The molecule has 22 heavy (non-hydrogen) atoms. The van der Waals surface area contributed by atoms with E-state index in [0.29, 0.717) is 5.56 Å². The summed E-state index contributed by atoms with van der Waals surface area (Å²) in [7, 11) is 1.40. The number of hydrogen-bond donors (Lipinski definition) is 1. The Labute approximate surface area is 136 Å². The number of H-pyrrole nitrogens is 1. The summed E-state index contributed by atoms with van der Waals surface area (Å²) < 4.78 is 4.87. The van der Waals surface area contributed by atoms with Gasteiger partial charge in [-0.1, -0.05) is 0 Å². The highest BCUT2D eigenvalue weighted by Gasteiger charge is 2.22. The molecule has 0 aliphatic carbocycles. The zero-order valence-electron chi connectivity index (χ0n) is 12.8. The fourth-order valence-corrected chi connectivity index (χ4v) is 4.16. The maximum absolute atomic E-state index is 11.9. The van der Waals surface area contributed by atoms with Crippen LogP contribution in [0.15, 0.2) is 16.8 Å². The summed E-state index contributed by atoms with van der Waals surface area (Å²) in [6, 6.07) is 2.07. The topological polar surface area (TPSA) is 55.0 Å². The monoisotopic (exact) mass is 332 g/mol. The second-order valence-corrected chi connectivity index (χ2v) is 7.04. The maximum atomic E-state index is 11.9. The molecule has 0 aromatic carbocycles. The van der Waals surface area contributed by atoms with Crippen molar-refractivity contribution >= 4 is 28.6 Å². The van der Waals surface area contributed by atoms with Crippen molar-refractivity contribution in [3.63, 3.8) is 0 Å². The molecule has 0 aliphatic rings. The van der Waals surface area contributed by atoms with Crippen molar-refractivity contribution in [1.29, 1.82) is 0 Å². The molecule has 3 aromatic heterocycles. The van der Waals surface area contributed by atoms with Crippen LogP contribution in [0, 0.1) is 20.8 Å². The lowest BCUT2D eigenvalue weighted by atomic mass is 10.1. The van der Waals surface area contributed by atoms with Gasteiger partial charge in [0, 0.05) is 21.5 Å². The minimum atomic E-state index is -0.316. The van der Waals surface area contributed by atoms with Gasteiger partial charge in [0.05, 0.1) is 18.4 Å². The maximum Gasteiger partial charge on any atom is 0.339 e. The summed E-state index contributed by atoms with van der Waals surface area (Å²) in [4.78, 5) is 21.1. The van der Waals surface area contributed by atoms with Crippen molar-refractivity contribution in [2.75, 3.05) is 7.11 Å². The predicted molar refractivity (Wildman–Crippen MR) is 90.8 cm³/mol. The normalized spacial score (nSPS) is 10.9. The second-order valence-electron chi connectivity index (χ2n) is 5.05. The van der Waals surface area contributed by atoms with Gasteiger partial charge in [-0.2, -0.15) is 11.3 Å². The number of carbonyl (C=O) groups excluding carboxylic acids is 1. The van der Waals surface area contributed by atoms with Crippen molar-refractivity contribution in [3.8, 4) is 22.0 Å². The van der Waals surface area contributed by atoms with E-state index in [9.17, 15) is 4.79 Å². The molecule has 0 saturated heterocycles. The van der Waals surface area contributed by atoms with Gasteiger partial charge < -0.3 is 9.72 Å². The van der Waals surface area contributed by atoms with Crippen LogP contribution >= 0.6 is 22.7 Å². The molecular formula is C16H16N2O2S2. The van der Waals surface area contributed by atoms with E-state index >= 15 is 0 Å². The summed E-state index contributed by atoms with van der Waals surface area (Å²) in [5.41, 5.74) is 5.23. The highest BCUT2D eigenvalue weighted by molar-refractivity contribution is 7.16. The van der Waals surface area contributed by atoms with E-state index in [2.05, 4.69) is 23.4 Å². The molecule has 1 N–H and O–H groups in total. The number of ether oxygens (including phenoxy) is 1. The fourth-order valence-electron chi connectivity index (χ4n) is 2.53.